The highest BCUT2D eigenvalue weighted by Gasteiger charge is 2.25. The van der Waals surface area contributed by atoms with Crippen LogP contribution in [0.5, 0.6) is 0 Å². The first kappa shape index (κ1) is 12.7. The van der Waals surface area contributed by atoms with Crippen LogP contribution in [0.1, 0.15) is 24.2 Å². The van der Waals surface area contributed by atoms with Crippen LogP contribution in [0, 0.1) is 0 Å². The predicted molar refractivity (Wildman–Crippen MR) is 77.8 cm³/mol. The van der Waals surface area contributed by atoms with Gasteiger partial charge in [-0.2, -0.15) is 0 Å². The van der Waals surface area contributed by atoms with Crippen molar-refractivity contribution in [3.8, 4) is 0 Å². The Hall–Kier alpha value is -2.36. The van der Waals surface area contributed by atoms with Crippen molar-refractivity contribution in [2.75, 3.05) is 6.54 Å². The smallest absolute Gasteiger partial charge is 0.247 e. The molecule has 0 spiro atoms. The minimum atomic E-state index is 0.0498. The lowest BCUT2D eigenvalue weighted by Crippen LogP contribution is -2.39. The van der Waals surface area contributed by atoms with Crippen molar-refractivity contribution in [3.05, 3.63) is 60.2 Å². The van der Waals surface area contributed by atoms with Gasteiger partial charge in [-0.15, -0.1) is 0 Å². The van der Waals surface area contributed by atoms with E-state index in [9.17, 15) is 4.79 Å². The average Bonchev–Trinajstić information content (AvgIpc) is 2.96. The van der Waals surface area contributed by atoms with E-state index < -0.39 is 0 Å². The van der Waals surface area contributed by atoms with E-state index >= 15 is 0 Å². The van der Waals surface area contributed by atoms with Gasteiger partial charge >= 0.3 is 0 Å². The van der Waals surface area contributed by atoms with Gasteiger partial charge in [-0.1, -0.05) is 6.07 Å². The van der Waals surface area contributed by atoms with Gasteiger partial charge < -0.3 is 9.47 Å². The van der Waals surface area contributed by atoms with Crippen molar-refractivity contribution in [1.82, 2.24) is 14.5 Å². The molecule has 0 saturated carbocycles. The lowest BCUT2D eigenvalue weighted by Gasteiger charge is -2.34. The fraction of sp³-hybridized carbons (Fsp3) is 0.250. The van der Waals surface area contributed by atoms with Gasteiger partial charge in [0.05, 0.1) is 6.04 Å². The van der Waals surface area contributed by atoms with E-state index in [-0.39, 0.29) is 11.9 Å². The summed E-state index contributed by atoms with van der Waals surface area (Å²) in [6.45, 7) is 3.68. The van der Waals surface area contributed by atoms with Crippen LogP contribution in [-0.2, 0) is 11.3 Å². The third kappa shape index (κ3) is 2.37. The second-order valence-electron chi connectivity index (χ2n) is 4.95. The zero-order valence-electron chi connectivity index (χ0n) is 11.4. The molecule has 102 valence electrons. The van der Waals surface area contributed by atoms with Crippen LogP contribution in [0.2, 0.25) is 0 Å². The maximum Gasteiger partial charge on any atom is 0.247 e. The SMILES string of the molecule is CC1c2cccn2CCN1C(=O)C=Cc1cccnc1. The van der Waals surface area contributed by atoms with E-state index in [2.05, 4.69) is 28.7 Å². The first-order valence-corrected chi connectivity index (χ1v) is 6.79. The predicted octanol–water partition coefficient (Wildman–Crippen LogP) is 2.50. The maximum absolute atomic E-state index is 12.3. The summed E-state index contributed by atoms with van der Waals surface area (Å²) < 4.78 is 2.21. The molecule has 0 bridgehead atoms. The number of carbonyl (C=O) groups excluding carboxylic acids is 1. The van der Waals surface area contributed by atoms with Gasteiger partial charge in [0, 0.05) is 43.4 Å². The number of aromatic nitrogens is 2. The summed E-state index contributed by atoms with van der Waals surface area (Å²) >= 11 is 0. The summed E-state index contributed by atoms with van der Waals surface area (Å²) in [5.41, 5.74) is 2.13. The van der Waals surface area contributed by atoms with Gasteiger partial charge in [-0.3, -0.25) is 9.78 Å². The van der Waals surface area contributed by atoms with E-state index in [1.165, 1.54) is 5.69 Å². The van der Waals surface area contributed by atoms with Crippen LogP contribution < -0.4 is 0 Å². The first-order chi connectivity index (χ1) is 9.75. The van der Waals surface area contributed by atoms with E-state index in [0.29, 0.717) is 0 Å². The number of carbonyl (C=O) groups is 1. The normalized spacial score (nSPS) is 18.2. The summed E-state index contributed by atoms with van der Waals surface area (Å²) in [7, 11) is 0. The van der Waals surface area contributed by atoms with Gasteiger partial charge in [0.15, 0.2) is 0 Å². The molecular weight excluding hydrogens is 250 g/mol. The van der Waals surface area contributed by atoms with Crippen LogP contribution >= 0.6 is 0 Å². The van der Waals surface area contributed by atoms with E-state index in [1.54, 1.807) is 18.5 Å². The molecule has 3 heterocycles. The molecule has 0 aromatic carbocycles. The number of rotatable bonds is 2. The molecule has 0 radical (unpaired) electrons. The van der Waals surface area contributed by atoms with Crippen LogP contribution in [-0.4, -0.2) is 26.9 Å². The molecule has 20 heavy (non-hydrogen) atoms. The second kappa shape index (κ2) is 5.33. The molecule has 2 aromatic heterocycles. The summed E-state index contributed by atoms with van der Waals surface area (Å²) in [5.74, 6) is 0.0498. The summed E-state index contributed by atoms with van der Waals surface area (Å²) in [6.07, 6.45) is 8.98. The van der Waals surface area contributed by atoms with Crippen molar-refractivity contribution in [2.24, 2.45) is 0 Å². The molecule has 1 atom stereocenters. The molecule has 3 rings (SSSR count). The molecule has 4 nitrogen and oxygen atoms in total. The number of amides is 1. The molecule has 2 aromatic rings. The van der Waals surface area contributed by atoms with Gasteiger partial charge in [0.25, 0.3) is 0 Å². The van der Waals surface area contributed by atoms with Crippen LogP contribution in [0.4, 0.5) is 0 Å². The fourth-order valence-corrected chi connectivity index (χ4v) is 2.62. The van der Waals surface area contributed by atoms with Crippen molar-refractivity contribution in [2.45, 2.75) is 19.5 Å². The van der Waals surface area contributed by atoms with E-state index in [0.717, 1.165) is 18.7 Å². The Morgan fingerprint density at radius 1 is 1.35 bits per heavy atom. The first-order valence-electron chi connectivity index (χ1n) is 6.79. The van der Waals surface area contributed by atoms with Crippen LogP contribution in [0.25, 0.3) is 6.08 Å². The molecular formula is C16H17N3O. The Kier molecular flexibility index (Phi) is 3.37. The summed E-state index contributed by atoms with van der Waals surface area (Å²) in [4.78, 5) is 18.3. The Bertz CT molecular complexity index is 630. The number of hydrogen-bond donors (Lipinski definition) is 0. The number of hydrogen-bond acceptors (Lipinski definition) is 2. The molecule has 1 unspecified atom stereocenters. The van der Waals surface area contributed by atoms with Crippen molar-refractivity contribution in [1.29, 1.82) is 0 Å². The lowest BCUT2D eigenvalue weighted by atomic mass is 10.1. The van der Waals surface area contributed by atoms with Gasteiger partial charge in [-0.25, -0.2) is 0 Å². The Morgan fingerprint density at radius 2 is 2.25 bits per heavy atom. The lowest BCUT2D eigenvalue weighted by molar-refractivity contribution is -0.129. The minimum Gasteiger partial charge on any atom is -0.348 e. The summed E-state index contributed by atoms with van der Waals surface area (Å²) in [5, 5.41) is 0. The molecule has 1 aliphatic heterocycles. The Labute approximate surface area is 118 Å². The standard InChI is InChI=1S/C16H17N3O/c1-13-15-5-3-9-18(15)10-11-19(13)16(20)7-6-14-4-2-8-17-12-14/h2-9,12-13H,10-11H2,1H3. The molecule has 4 heteroatoms. The average molecular weight is 267 g/mol. The minimum absolute atomic E-state index is 0.0498. The van der Waals surface area contributed by atoms with Crippen LogP contribution in [0.15, 0.2) is 48.9 Å². The van der Waals surface area contributed by atoms with E-state index in [1.807, 2.05) is 29.2 Å². The maximum atomic E-state index is 12.3. The highest BCUT2D eigenvalue weighted by atomic mass is 16.2. The quantitative estimate of drug-likeness (QED) is 0.784. The van der Waals surface area contributed by atoms with Crippen molar-refractivity contribution >= 4 is 12.0 Å². The van der Waals surface area contributed by atoms with Crippen LogP contribution in [0.3, 0.4) is 0 Å². The summed E-state index contributed by atoms with van der Waals surface area (Å²) in [6, 6.07) is 8.02. The fourth-order valence-electron chi connectivity index (χ4n) is 2.62. The second-order valence-corrected chi connectivity index (χ2v) is 4.95. The Balaban J connectivity index is 1.74. The molecule has 0 saturated heterocycles. The third-order valence-electron chi connectivity index (χ3n) is 3.73. The van der Waals surface area contributed by atoms with Crippen molar-refractivity contribution < 1.29 is 4.79 Å². The van der Waals surface area contributed by atoms with Crippen molar-refractivity contribution in [3.63, 3.8) is 0 Å². The molecule has 0 N–H and O–H groups in total. The zero-order chi connectivity index (χ0) is 13.9. The third-order valence-corrected chi connectivity index (χ3v) is 3.73. The zero-order valence-corrected chi connectivity index (χ0v) is 11.4. The van der Waals surface area contributed by atoms with E-state index in [4.69, 9.17) is 0 Å². The highest BCUT2D eigenvalue weighted by Crippen LogP contribution is 2.25. The topological polar surface area (TPSA) is 38.1 Å². The molecule has 1 amide bonds. The van der Waals surface area contributed by atoms with Gasteiger partial charge in [0.1, 0.15) is 0 Å². The highest BCUT2D eigenvalue weighted by molar-refractivity contribution is 5.92. The van der Waals surface area contributed by atoms with Gasteiger partial charge in [-0.05, 0) is 36.8 Å². The molecule has 0 fully saturated rings. The number of fused-ring (bicyclic) bond motifs is 1. The monoisotopic (exact) mass is 267 g/mol. The molecule has 1 aliphatic rings. The number of nitrogens with zero attached hydrogens (tertiary/aromatic N) is 3. The van der Waals surface area contributed by atoms with Gasteiger partial charge in [0.2, 0.25) is 5.91 Å². The number of pyridine rings is 1. The largest absolute Gasteiger partial charge is 0.348 e. The Morgan fingerprint density at radius 3 is 3.05 bits per heavy atom. The molecule has 0 aliphatic carbocycles.